The molecule has 0 fully saturated rings. The molecule has 0 atom stereocenters. The van der Waals surface area contributed by atoms with Crippen molar-refractivity contribution < 1.29 is 9.59 Å². The van der Waals surface area contributed by atoms with Crippen molar-refractivity contribution in [1.82, 2.24) is 9.78 Å². The predicted octanol–water partition coefficient (Wildman–Crippen LogP) is 2.67. The van der Waals surface area contributed by atoms with Crippen molar-refractivity contribution in [2.75, 3.05) is 5.32 Å². The molecule has 104 valence electrons. The number of carbonyl (C=O) groups excluding carboxylic acids is 2. The zero-order chi connectivity index (χ0) is 14.7. The van der Waals surface area contributed by atoms with Crippen LogP contribution < -0.4 is 5.32 Å². The summed E-state index contributed by atoms with van der Waals surface area (Å²) in [4.78, 5) is 23.3. The molecule has 0 spiro atoms. The molecule has 0 aliphatic carbocycles. The molecular weight excluding hydrogens is 254 g/mol. The number of amides is 1. The Morgan fingerprint density at radius 2 is 1.90 bits per heavy atom. The highest BCUT2D eigenvalue weighted by Gasteiger charge is 2.13. The number of rotatable bonds is 4. The van der Waals surface area contributed by atoms with Crippen LogP contribution in [0.15, 0.2) is 30.5 Å². The molecule has 0 radical (unpaired) electrons. The topological polar surface area (TPSA) is 64.0 Å². The van der Waals surface area contributed by atoms with E-state index in [-0.39, 0.29) is 11.7 Å². The third-order valence-electron chi connectivity index (χ3n) is 3.06. The Morgan fingerprint density at radius 1 is 1.25 bits per heavy atom. The predicted molar refractivity (Wildman–Crippen MR) is 77.0 cm³/mol. The van der Waals surface area contributed by atoms with Gasteiger partial charge < -0.3 is 5.32 Å². The first kappa shape index (κ1) is 14.0. The Labute approximate surface area is 117 Å². The minimum atomic E-state index is -0.197. The molecule has 1 heterocycles. The molecule has 1 N–H and O–H groups in total. The number of ketones is 1. The van der Waals surface area contributed by atoms with Gasteiger partial charge in [0.15, 0.2) is 5.78 Å². The molecule has 20 heavy (non-hydrogen) atoms. The fourth-order valence-corrected chi connectivity index (χ4v) is 1.89. The monoisotopic (exact) mass is 271 g/mol. The summed E-state index contributed by atoms with van der Waals surface area (Å²) >= 11 is 0. The quantitative estimate of drug-likeness (QED) is 0.869. The molecule has 2 aromatic rings. The zero-order valence-corrected chi connectivity index (χ0v) is 11.8. The van der Waals surface area contributed by atoms with E-state index in [1.165, 1.54) is 6.92 Å². The highest BCUT2D eigenvalue weighted by atomic mass is 16.1. The van der Waals surface area contributed by atoms with Crippen molar-refractivity contribution in [3.63, 3.8) is 0 Å². The number of carbonyl (C=O) groups is 2. The van der Waals surface area contributed by atoms with Crippen LogP contribution in [-0.4, -0.2) is 21.5 Å². The standard InChI is InChI=1S/C15H17N3O2/c1-4-18-9-14(10(2)17-18)15(20)16-13-7-5-12(6-8-13)11(3)19/h5-9H,4H2,1-3H3,(H,16,20). The van der Waals surface area contributed by atoms with Gasteiger partial charge in [-0.25, -0.2) is 0 Å². The van der Waals surface area contributed by atoms with Gasteiger partial charge in [-0.1, -0.05) is 0 Å². The number of Topliss-reactive ketones (excluding diaryl/α,β-unsaturated/α-hetero) is 1. The Balaban J connectivity index is 2.14. The molecule has 0 bridgehead atoms. The van der Waals surface area contributed by atoms with Crippen LogP contribution >= 0.6 is 0 Å². The Kier molecular flexibility index (Phi) is 3.98. The van der Waals surface area contributed by atoms with E-state index in [0.717, 1.165) is 6.54 Å². The molecule has 2 rings (SSSR count). The summed E-state index contributed by atoms with van der Waals surface area (Å²) in [6, 6.07) is 6.82. The van der Waals surface area contributed by atoms with Gasteiger partial charge in [-0.05, 0) is 45.0 Å². The number of benzene rings is 1. The maximum atomic E-state index is 12.2. The van der Waals surface area contributed by atoms with Gasteiger partial charge in [-0.15, -0.1) is 0 Å². The van der Waals surface area contributed by atoms with Gasteiger partial charge in [0.1, 0.15) is 0 Å². The summed E-state index contributed by atoms with van der Waals surface area (Å²) in [5.74, 6) is -0.194. The Morgan fingerprint density at radius 3 is 2.40 bits per heavy atom. The number of hydrogen-bond donors (Lipinski definition) is 1. The molecule has 1 aromatic heterocycles. The van der Waals surface area contributed by atoms with Gasteiger partial charge in [0.25, 0.3) is 5.91 Å². The second-order valence-corrected chi connectivity index (χ2v) is 4.57. The summed E-state index contributed by atoms with van der Waals surface area (Å²) in [6.07, 6.45) is 1.73. The molecule has 0 aliphatic rings. The second-order valence-electron chi connectivity index (χ2n) is 4.57. The average Bonchev–Trinajstić information content (AvgIpc) is 2.80. The maximum absolute atomic E-state index is 12.2. The van der Waals surface area contributed by atoms with Crippen LogP contribution in [0.2, 0.25) is 0 Å². The molecule has 0 saturated heterocycles. The van der Waals surface area contributed by atoms with Crippen LogP contribution in [0.4, 0.5) is 5.69 Å². The van der Waals surface area contributed by atoms with Gasteiger partial charge in [0.2, 0.25) is 0 Å². The minimum Gasteiger partial charge on any atom is -0.322 e. The first-order valence-corrected chi connectivity index (χ1v) is 6.47. The smallest absolute Gasteiger partial charge is 0.259 e. The lowest BCUT2D eigenvalue weighted by Crippen LogP contribution is -2.12. The van der Waals surface area contributed by atoms with Crippen LogP contribution in [0.25, 0.3) is 0 Å². The summed E-state index contributed by atoms with van der Waals surface area (Å²) in [6.45, 7) is 6.01. The first-order chi connectivity index (χ1) is 9.51. The van der Waals surface area contributed by atoms with Crippen LogP contribution in [0.3, 0.4) is 0 Å². The second kappa shape index (κ2) is 5.69. The van der Waals surface area contributed by atoms with E-state index in [2.05, 4.69) is 10.4 Å². The van der Waals surface area contributed by atoms with Gasteiger partial charge >= 0.3 is 0 Å². The van der Waals surface area contributed by atoms with Gasteiger partial charge in [0, 0.05) is 24.0 Å². The maximum Gasteiger partial charge on any atom is 0.259 e. The number of nitrogens with one attached hydrogen (secondary N) is 1. The number of anilines is 1. The molecule has 5 heteroatoms. The summed E-state index contributed by atoms with van der Waals surface area (Å²) < 4.78 is 1.73. The molecular formula is C15H17N3O2. The van der Waals surface area contributed by atoms with Gasteiger partial charge in [-0.2, -0.15) is 5.10 Å². The summed E-state index contributed by atoms with van der Waals surface area (Å²) in [5.41, 5.74) is 2.54. The number of nitrogens with zero attached hydrogens (tertiary/aromatic N) is 2. The molecule has 5 nitrogen and oxygen atoms in total. The highest BCUT2D eigenvalue weighted by Crippen LogP contribution is 2.13. The minimum absolute atomic E-state index is 0.00273. The lowest BCUT2D eigenvalue weighted by Gasteiger charge is -2.04. The van der Waals surface area contributed by atoms with E-state index in [4.69, 9.17) is 0 Å². The van der Waals surface area contributed by atoms with Crippen LogP contribution in [0.5, 0.6) is 0 Å². The fraction of sp³-hybridized carbons (Fsp3) is 0.267. The zero-order valence-electron chi connectivity index (χ0n) is 11.8. The number of aromatic nitrogens is 2. The summed E-state index contributed by atoms with van der Waals surface area (Å²) in [5, 5.41) is 7.04. The average molecular weight is 271 g/mol. The number of aryl methyl sites for hydroxylation is 2. The lowest BCUT2D eigenvalue weighted by molar-refractivity contribution is 0.101. The molecule has 0 saturated carbocycles. The van der Waals surface area contributed by atoms with E-state index in [1.807, 2.05) is 6.92 Å². The van der Waals surface area contributed by atoms with Crippen molar-refractivity contribution in [2.24, 2.45) is 0 Å². The van der Waals surface area contributed by atoms with Crippen molar-refractivity contribution in [1.29, 1.82) is 0 Å². The van der Waals surface area contributed by atoms with Crippen LogP contribution in [-0.2, 0) is 6.54 Å². The van der Waals surface area contributed by atoms with E-state index in [1.54, 1.807) is 42.1 Å². The molecule has 0 aliphatic heterocycles. The normalized spacial score (nSPS) is 10.3. The summed E-state index contributed by atoms with van der Waals surface area (Å²) in [7, 11) is 0. The van der Waals surface area contributed by atoms with E-state index >= 15 is 0 Å². The SMILES string of the molecule is CCn1cc(C(=O)Nc2ccc(C(C)=O)cc2)c(C)n1. The first-order valence-electron chi connectivity index (χ1n) is 6.47. The molecule has 1 amide bonds. The van der Waals surface area contributed by atoms with Gasteiger partial charge in [-0.3, -0.25) is 14.3 Å². The Hall–Kier alpha value is -2.43. The third kappa shape index (κ3) is 2.93. The van der Waals surface area contributed by atoms with Crippen LogP contribution in [0.1, 0.15) is 40.3 Å². The highest BCUT2D eigenvalue weighted by molar-refractivity contribution is 6.05. The molecule has 0 unspecified atom stereocenters. The Bertz CT molecular complexity index is 642. The van der Waals surface area contributed by atoms with Crippen molar-refractivity contribution in [2.45, 2.75) is 27.3 Å². The van der Waals surface area contributed by atoms with Gasteiger partial charge in [0.05, 0.1) is 11.3 Å². The van der Waals surface area contributed by atoms with Crippen molar-refractivity contribution in [3.05, 3.63) is 47.3 Å². The van der Waals surface area contributed by atoms with Crippen LogP contribution in [0, 0.1) is 6.92 Å². The van der Waals surface area contributed by atoms with Crippen molar-refractivity contribution in [3.8, 4) is 0 Å². The largest absolute Gasteiger partial charge is 0.322 e. The van der Waals surface area contributed by atoms with E-state index in [9.17, 15) is 9.59 Å². The van der Waals surface area contributed by atoms with Crippen molar-refractivity contribution >= 4 is 17.4 Å². The number of hydrogen-bond acceptors (Lipinski definition) is 3. The fourth-order valence-electron chi connectivity index (χ4n) is 1.89. The molecule has 1 aromatic carbocycles. The third-order valence-corrected chi connectivity index (χ3v) is 3.06. The van der Waals surface area contributed by atoms with E-state index in [0.29, 0.717) is 22.5 Å². The lowest BCUT2D eigenvalue weighted by atomic mass is 10.1. The van der Waals surface area contributed by atoms with E-state index < -0.39 is 0 Å².